The first-order chi connectivity index (χ1) is 11.0. The molecular weight excluding hydrogens is 312 g/mol. The van der Waals surface area contributed by atoms with Crippen LogP contribution in [0, 0.1) is 5.92 Å². The van der Waals surface area contributed by atoms with Crippen molar-refractivity contribution in [2.45, 2.75) is 38.5 Å². The second kappa shape index (κ2) is 6.51. The van der Waals surface area contributed by atoms with Crippen LogP contribution in [0.1, 0.15) is 38.5 Å². The molecule has 0 bridgehead atoms. The van der Waals surface area contributed by atoms with E-state index in [0.717, 1.165) is 18.5 Å². The second-order valence-corrected chi connectivity index (χ2v) is 8.48. The normalized spacial score (nSPS) is 19.5. The van der Waals surface area contributed by atoms with Crippen molar-refractivity contribution in [1.29, 1.82) is 0 Å². The van der Waals surface area contributed by atoms with Crippen molar-refractivity contribution in [2.75, 3.05) is 28.6 Å². The number of carbonyl (C=O) groups is 1. The fraction of sp³-hybridized carbons (Fsp3) is 0.588. The van der Waals surface area contributed by atoms with Gasteiger partial charge in [-0.1, -0.05) is 25.0 Å². The van der Waals surface area contributed by atoms with E-state index in [0.29, 0.717) is 37.5 Å². The lowest BCUT2D eigenvalue weighted by atomic mass is 10.0. The van der Waals surface area contributed by atoms with E-state index in [1.807, 2.05) is 18.2 Å². The lowest BCUT2D eigenvalue weighted by Gasteiger charge is -2.26. The zero-order chi connectivity index (χ0) is 16.4. The Hall–Kier alpha value is -1.56. The van der Waals surface area contributed by atoms with Gasteiger partial charge in [0.1, 0.15) is 0 Å². The zero-order valence-corrected chi connectivity index (χ0v) is 14.4. The number of benzene rings is 1. The maximum atomic E-state index is 12.8. The summed E-state index contributed by atoms with van der Waals surface area (Å²) in [6.07, 6.45) is 7.16. The molecule has 0 unspecified atom stereocenters. The van der Waals surface area contributed by atoms with E-state index in [1.165, 1.54) is 23.4 Å². The molecular formula is C17H24N2O3S. The number of rotatable bonds is 3. The number of hydrogen-bond acceptors (Lipinski definition) is 3. The molecule has 1 amide bonds. The number of nitrogens with zero attached hydrogens (tertiary/aromatic N) is 2. The molecule has 1 aromatic carbocycles. The van der Waals surface area contributed by atoms with Crippen molar-refractivity contribution < 1.29 is 13.2 Å². The van der Waals surface area contributed by atoms with Crippen molar-refractivity contribution in [3.63, 3.8) is 0 Å². The number of para-hydroxylation sites is 2. The summed E-state index contributed by atoms with van der Waals surface area (Å²) in [7, 11) is -3.34. The number of fused-ring (bicyclic) bond motifs is 1. The summed E-state index contributed by atoms with van der Waals surface area (Å²) in [6.45, 7) is 0.998. The van der Waals surface area contributed by atoms with Gasteiger partial charge in [0.25, 0.3) is 0 Å². The summed E-state index contributed by atoms with van der Waals surface area (Å²) in [5.74, 6) is 0.614. The van der Waals surface area contributed by atoms with E-state index < -0.39 is 10.0 Å². The van der Waals surface area contributed by atoms with E-state index in [1.54, 1.807) is 11.0 Å². The Labute approximate surface area is 138 Å². The maximum Gasteiger partial charge on any atom is 0.232 e. The molecule has 1 aliphatic heterocycles. The smallest absolute Gasteiger partial charge is 0.232 e. The van der Waals surface area contributed by atoms with Crippen molar-refractivity contribution >= 4 is 27.3 Å². The predicted molar refractivity (Wildman–Crippen MR) is 92.2 cm³/mol. The fourth-order valence-electron chi connectivity index (χ4n) is 3.69. The van der Waals surface area contributed by atoms with Gasteiger partial charge in [-0.2, -0.15) is 0 Å². The second-order valence-electron chi connectivity index (χ2n) is 6.58. The van der Waals surface area contributed by atoms with E-state index in [4.69, 9.17) is 0 Å². The molecule has 1 saturated carbocycles. The quantitative estimate of drug-likeness (QED) is 0.853. The average Bonchev–Trinajstić information content (AvgIpc) is 2.91. The Balaban J connectivity index is 1.90. The number of sulfonamides is 1. The van der Waals surface area contributed by atoms with Crippen molar-refractivity contribution in [3.8, 4) is 0 Å². The summed E-state index contributed by atoms with van der Waals surface area (Å²) in [5.41, 5.74) is 1.34. The highest BCUT2D eigenvalue weighted by Crippen LogP contribution is 2.35. The van der Waals surface area contributed by atoms with Crippen LogP contribution in [0.4, 0.5) is 11.4 Å². The van der Waals surface area contributed by atoms with E-state index in [-0.39, 0.29) is 5.91 Å². The monoisotopic (exact) mass is 336 g/mol. The largest absolute Gasteiger partial charge is 0.310 e. The highest BCUT2D eigenvalue weighted by molar-refractivity contribution is 7.92. The first kappa shape index (κ1) is 16.3. The highest BCUT2D eigenvalue weighted by atomic mass is 32.2. The first-order valence-electron chi connectivity index (χ1n) is 8.34. The third-order valence-corrected chi connectivity index (χ3v) is 6.00. The van der Waals surface area contributed by atoms with Gasteiger partial charge in [-0.05, 0) is 37.3 Å². The van der Waals surface area contributed by atoms with Crippen LogP contribution < -0.4 is 9.21 Å². The molecule has 6 heteroatoms. The zero-order valence-electron chi connectivity index (χ0n) is 13.6. The molecule has 1 aliphatic carbocycles. The minimum Gasteiger partial charge on any atom is -0.310 e. The molecule has 3 rings (SSSR count). The lowest BCUT2D eigenvalue weighted by Crippen LogP contribution is -2.32. The van der Waals surface area contributed by atoms with Gasteiger partial charge in [-0.3, -0.25) is 9.10 Å². The van der Waals surface area contributed by atoms with Crippen LogP contribution in [0.25, 0.3) is 0 Å². The molecule has 1 fully saturated rings. The Kier molecular flexibility index (Phi) is 4.62. The lowest BCUT2D eigenvalue weighted by molar-refractivity contribution is -0.119. The molecule has 0 N–H and O–H groups in total. The summed E-state index contributed by atoms with van der Waals surface area (Å²) in [6, 6.07) is 7.32. The van der Waals surface area contributed by atoms with Gasteiger partial charge in [0.05, 0.1) is 17.6 Å². The van der Waals surface area contributed by atoms with Crippen LogP contribution in [0.2, 0.25) is 0 Å². The van der Waals surface area contributed by atoms with Gasteiger partial charge < -0.3 is 4.90 Å². The van der Waals surface area contributed by atoms with Gasteiger partial charge in [-0.25, -0.2) is 8.42 Å². The fourth-order valence-corrected chi connectivity index (χ4v) is 4.66. The molecule has 0 spiro atoms. The van der Waals surface area contributed by atoms with Gasteiger partial charge in [0, 0.05) is 19.5 Å². The molecule has 1 aromatic rings. The Morgan fingerprint density at radius 2 is 1.74 bits per heavy atom. The first-order valence-corrected chi connectivity index (χ1v) is 10.2. The van der Waals surface area contributed by atoms with Gasteiger partial charge in [-0.15, -0.1) is 0 Å². The van der Waals surface area contributed by atoms with Crippen LogP contribution in [0.5, 0.6) is 0 Å². The summed E-state index contributed by atoms with van der Waals surface area (Å²) < 4.78 is 25.6. The average molecular weight is 336 g/mol. The number of amides is 1. The van der Waals surface area contributed by atoms with Crippen molar-refractivity contribution in [1.82, 2.24) is 0 Å². The third-order valence-electron chi connectivity index (χ3n) is 4.82. The number of carbonyl (C=O) groups excluding carboxylic acids is 1. The minimum absolute atomic E-state index is 0.125. The van der Waals surface area contributed by atoms with E-state index in [9.17, 15) is 13.2 Å². The van der Waals surface area contributed by atoms with E-state index >= 15 is 0 Å². The van der Waals surface area contributed by atoms with Crippen LogP contribution in [-0.4, -0.2) is 33.7 Å². The maximum absolute atomic E-state index is 12.8. The Bertz CT molecular complexity index is 681. The summed E-state index contributed by atoms with van der Waals surface area (Å²) >= 11 is 0. The topological polar surface area (TPSA) is 57.7 Å². The van der Waals surface area contributed by atoms with Gasteiger partial charge in [0.15, 0.2) is 0 Å². The number of anilines is 2. The van der Waals surface area contributed by atoms with Crippen molar-refractivity contribution in [2.24, 2.45) is 5.92 Å². The SMILES string of the molecule is CS(=O)(=O)N1CCCN(C(=O)CC2CCCC2)c2ccccc21. The Morgan fingerprint density at radius 3 is 2.39 bits per heavy atom. The minimum atomic E-state index is -3.34. The molecule has 2 aliphatic rings. The summed E-state index contributed by atoms with van der Waals surface area (Å²) in [4.78, 5) is 14.6. The molecule has 0 aromatic heterocycles. The molecule has 23 heavy (non-hydrogen) atoms. The van der Waals surface area contributed by atoms with Crippen LogP contribution >= 0.6 is 0 Å². The Morgan fingerprint density at radius 1 is 1.09 bits per heavy atom. The molecule has 0 radical (unpaired) electrons. The van der Waals surface area contributed by atoms with Gasteiger partial charge >= 0.3 is 0 Å². The van der Waals surface area contributed by atoms with Crippen molar-refractivity contribution in [3.05, 3.63) is 24.3 Å². The van der Waals surface area contributed by atoms with Crippen LogP contribution in [0.15, 0.2) is 24.3 Å². The van der Waals surface area contributed by atoms with E-state index in [2.05, 4.69) is 0 Å². The predicted octanol–water partition coefficient (Wildman–Crippen LogP) is 2.77. The van der Waals surface area contributed by atoms with Gasteiger partial charge in [0.2, 0.25) is 15.9 Å². The third kappa shape index (κ3) is 3.52. The van der Waals surface area contributed by atoms with Crippen LogP contribution in [-0.2, 0) is 14.8 Å². The number of hydrogen-bond donors (Lipinski definition) is 0. The molecule has 5 nitrogen and oxygen atoms in total. The van der Waals surface area contributed by atoms with Crippen LogP contribution in [0.3, 0.4) is 0 Å². The molecule has 126 valence electrons. The highest BCUT2D eigenvalue weighted by Gasteiger charge is 2.30. The molecule has 0 atom stereocenters. The standard InChI is InChI=1S/C17H24N2O3S/c1-23(21,22)19-12-6-11-18(15-9-4-5-10-16(15)19)17(20)13-14-7-2-3-8-14/h4-5,9-10,14H,2-3,6-8,11-13H2,1H3. The summed E-state index contributed by atoms with van der Waals surface area (Å²) in [5, 5.41) is 0. The molecule has 0 saturated heterocycles. The molecule has 1 heterocycles.